The van der Waals surface area contributed by atoms with E-state index in [1.807, 2.05) is 41.8 Å². The lowest BCUT2D eigenvalue weighted by Crippen LogP contribution is -2.08. The van der Waals surface area contributed by atoms with E-state index in [0.717, 1.165) is 26.4 Å². The van der Waals surface area contributed by atoms with Crippen LogP contribution in [-0.2, 0) is 22.6 Å². The van der Waals surface area contributed by atoms with Crippen molar-refractivity contribution in [3.05, 3.63) is 57.5 Å². The lowest BCUT2D eigenvalue weighted by atomic mass is 10.2. The van der Waals surface area contributed by atoms with Gasteiger partial charge >= 0.3 is 5.97 Å². The third kappa shape index (κ3) is 5.27. The molecule has 6 nitrogen and oxygen atoms in total. The summed E-state index contributed by atoms with van der Waals surface area (Å²) in [6.07, 6.45) is 0.112. The van der Waals surface area contributed by atoms with Gasteiger partial charge in [-0.15, -0.1) is 11.3 Å². The van der Waals surface area contributed by atoms with Crippen molar-refractivity contribution in [3.63, 3.8) is 0 Å². The minimum atomic E-state index is -0.332. The van der Waals surface area contributed by atoms with E-state index in [2.05, 4.69) is 20.9 Å². The highest BCUT2D eigenvalue weighted by molar-refractivity contribution is 9.10. The molecule has 0 atom stereocenters. The van der Waals surface area contributed by atoms with Gasteiger partial charge < -0.3 is 18.9 Å². The first-order chi connectivity index (χ1) is 14.0. The SMILES string of the molecule is COc1ccc(COC(=O)Cc2csc(-c3ccc(OC)c(OC)c3)n2)cc1Br. The van der Waals surface area contributed by atoms with Gasteiger partial charge in [0.1, 0.15) is 17.4 Å². The van der Waals surface area contributed by atoms with Crippen molar-refractivity contribution < 1.29 is 23.7 Å². The molecule has 3 rings (SSSR count). The van der Waals surface area contributed by atoms with Gasteiger partial charge in [0.25, 0.3) is 0 Å². The zero-order chi connectivity index (χ0) is 20.8. The molecule has 0 fully saturated rings. The number of carbonyl (C=O) groups excluding carboxylic acids is 1. The Morgan fingerprint density at radius 2 is 1.72 bits per heavy atom. The molecule has 0 amide bonds. The van der Waals surface area contributed by atoms with E-state index in [4.69, 9.17) is 18.9 Å². The Bertz CT molecular complexity index is 1000. The Balaban J connectivity index is 1.61. The molecule has 8 heteroatoms. The molecule has 0 N–H and O–H groups in total. The van der Waals surface area contributed by atoms with Gasteiger partial charge in [-0.1, -0.05) is 6.07 Å². The molecule has 0 saturated carbocycles. The Kier molecular flexibility index (Phi) is 7.11. The van der Waals surface area contributed by atoms with E-state index in [-0.39, 0.29) is 19.0 Å². The minimum Gasteiger partial charge on any atom is -0.496 e. The van der Waals surface area contributed by atoms with Crippen LogP contribution in [0.4, 0.5) is 0 Å². The number of hydrogen-bond donors (Lipinski definition) is 0. The summed E-state index contributed by atoms with van der Waals surface area (Å²) in [5.41, 5.74) is 2.44. The summed E-state index contributed by atoms with van der Waals surface area (Å²) in [5.74, 6) is 1.68. The fourth-order valence-corrected chi connectivity index (χ4v) is 4.06. The first kappa shape index (κ1) is 21.1. The fraction of sp³-hybridized carbons (Fsp3) is 0.238. The molecule has 0 bridgehead atoms. The summed E-state index contributed by atoms with van der Waals surface area (Å²) in [6.45, 7) is 0.189. The van der Waals surface area contributed by atoms with Crippen LogP contribution < -0.4 is 14.2 Å². The first-order valence-electron chi connectivity index (χ1n) is 8.69. The molecule has 152 valence electrons. The van der Waals surface area contributed by atoms with Gasteiger partial charge in [-0.3, -0.25) is 4.79 Å². The third-order valence-corrected chi connectivity index (χ3v) is 5.68. The number of hydrogen-bond acceptors (Lipinski definition) is 7. The van der Waals surface area contributed by atoms with Gasteiger partial charge in [0, 0.05) is 10.9 Å². The predicted molar refractivity (Wildman–Crippen MR) is 115 cm³/mol. The number of carbonyl (C=O) groups is 1. The van der Waals surface area contributed by atoms with Crippen LogP contribution >= 0.6 is 27.3 Å². The topological polar surface area (TPSA) is 66.9 Å². The summed E-state index contributed by atoms with van der Waals surface area (Å²) in [5, 5.41) is 2.66. The summed E-state index contributed by atoms with van der Waals surface area (Å²) < 4.78 is 22.0. The maximum atomic E-state index is 12.2. The second-order valence-electron chi connectivity index (χ2n) is 6.02. The smallest absolute Gasteiger partial charge is 0.312 e. The first-order valence-corrected chi connectivity index (χ1v) is 10.4. The second kappa shape index (κ2) is 9.76. The Labute approximate surface area is 181 Å². The average Bonchev–Trinajstić information content (AvgIpc) is 3.20. The monoisotopic (exact) mass is 477 g/mol. The highest BCUT2D eigenvalue weighted by Gasteiger charge is 2.13. The van der Waals surface area contributed by atoms with E-state index in [9.17, 15) is 4.79 Å². The highest BCUT2D eigenvalue weighted by atomic mass is 79.9. The number of benzene rings is 2. The van der Waals surface area contributed by atoms with Crippen molar-refractivity contribution in [3.8, 4) is 27.8 Å². The molecule has 0 aliphatic heterocycles. The quantitative estimate of drug-likeness (QED) is 0.430. The van der Waals surface area contributed by atoms with Crippen molar-refractivity contribution in [2.24, 2.45) is 0 Å². The fourth-order valence-electron chi connectivity index (χ4n) is 2.65. The number of esters is 1. The van der Waals surface area contributed by atoms with Crippen LogP contribution in [0.25, 0.3) is 10.6 Å². The Hall–Kier alpha value is -2.58. The van der Waals surface area contributed by atoms with Crippen molar-refractivity contribution in [2.75, 3.05) is 21.3 Å². The van der Waals surface area contributed by atoms with Gasteiger partial charge in [0.15, 0.2) is 11.5 Å². The normalized spacial score (nSPS) is 10.5. The molecule has 0 unspecified atom stereocenters. The number of halogens is 1. The van der Waals surface area contributed by atoms with E-state index in [0.29, 0.717) is 17.2 Å². The lowest BCUT2D eigenvalue weighted by molar-refractivity contribution is -0.144. The predicted octanol–water partition coefficient (Wildman–Crippen LogP) is 4.88. The number of ether oxygens (including phenoxy) is 4. The molecule has 1 heterocycles. The second-order valence-corrected chi connectivity index (χ2v) is 7.73. The third-order valence-electron chi connectivity index (χ3n) is 4.12. The Morgan fingerprint density at radius 3 is 2.41 bits per heavy atom. The maximum Gasteiger partial charge on any atom is 0.312 e. The maximum absolute atomic E-state index is 12.2. The van der Waals surface area contributed by atoms with Crippen LogP contribution in [0.1, 0.15) is 11.3 Å². The van der Waals surface area contributed by atoms with E-state index in [1.165, 1.54) is 11.3 Å². The van der Waals surface area contributed by atoms with Crippen LogP contribution in [0.5, 0.6) is 17.2 Å². The molecule has 3 aromatic rings. The Morgan fingerprint density at radius 1 is 1.00 bits per heavy atom. The van der Waals surface area contributed by atoms with Gasteiger partial charge in [0.05, 0.1) is 37.9 Å². The molecule has 2 aromatic carbocycles. The van der Waals surface area contributed by atoms with Gasteiger partial charge in [-0.25, -0.2) is 4.98 Å². The van der Waals surface area contributed by atoms with Crippen molar-refractivity contribution in [2.45, 2.75) is 13.0 Å². The average molecular weight is 478 g/mol. The van der Waals surface area contributed by atoms with E-state index >= 15 is 0 Å². The number of nitrogens with zero attached hydrogens (tertiary/aromatic N) is 1. The van der Waals surface area contributed by atoms with Gasteiger partial charge in [-0.05, 0) is 51.8 Å². The molecule has 0 saturated heterocycles. The molecule has 0 radical (unpaired) electrons. The summed E-state index contributed by atoms with van der Waals surface area (Å²) in [6, 6.07) is 11.1. The molecule has 1 aromatic heterocycles. The molecular formula is C21H20BrNO5S. The summed E-state index contributed by atoms with van der Waals surface area (Å²) in [7, 11) is 4.78. The van der Waals surface area contributed by atoms with Crippen molar-refractivity contribution in [1.82, 2.24) is 4.98 Å². The summed E-state index contributed by atoms with van der Waals surface area (Å²) >= 11 is 4.88. The molecular weight excluding hydrogens is 458 g/mol. The van der Waals surface area contributed by atoms with Crippen LogP contribution in [0.3, 0.4) is 0 Å². The molecule has 0 aliphatic carbocycles. The van der Waals surface area contributed by atoms with E-state index < -0.39 is 0 Å². The van der Waals surface area contributed by atoms with Gasteiger partial charge in [0.2, 0.25) is 0 Å². The van der Waals surface area contributed by atoms with E-state index in [1.54, 1.807) is 21.3 Å². The largest absolute Gasteiger partial charge is 0.496 e. The molecule has 0 spiro atoms. The number of rotatable bonds is 8. The lowest BCUT2D eigenvalue weighted by Gasteiger charge is -2.08. The van der Waals surface area contributed by atoms with Gasteiger partial charge in [-0.2, -0.15) is 0 Å². The number of thiazole rings is 1. The minimum absolute atomic E-state index is 0.112. The number of methoxy groups -OCH3 is 3. The zero-order valence-corrected chi connectivity index (χ0v) is 18.6. The van der Waals surface area contributed by atoms with Crippen molar-refractivity contribution >= 4 is 33.2 Å². The van der Waals surface area contributed by atoms with Crippen LogP contribution in [-0.4, -0.2) is 32.3 Å². The highest BCUT2D eigenvalue weighted by Crippen LogP contribution is 2.33. The standard InChI is InChI=1S/C21H20BrNO5S/c1-25-17-6-4-13(8-16(17)22)11-28-20(24)10-15-12-29-21(23-15)14-5-7-18(26-2)19(9-14)27-3/h4-9,12H,10-11H2,1-3H3. The number of aromatic nitrogens is 1. The van der Waals surface area contributed by atoms with Crippen molar-refractivity contribution in [1.29, 1.82) is 0 Å². The summed E-state index contributed by atoms with van der Waals surface area (Å²) in [4.78, 5) is 16.7. The van der Waals surface area contributed by atoms with Crippen LogP contribution in [0, 0.1) is 0 Å². The van der Waals surface area contributed by atoms with Crippen LogP contribution in [0.15, 0.2) is 46.3 Å². The zero-order valence-electron chi connectivity index (χ0n) is 16.2. The molecule has 29 heavy (non-hydrogen) atoms. The molecule has 0 aliphatic rings. The van der Waals surface area contributed by atoms with Crippen LogP contribution in [0.2, 0.25) is 0 Å².